The highest BCUT2D eigenvalue weighted by Crippen LogP contribution is 2.40. The van der Waals surface area contributed by atoms with Crippen LogP contribution in [0.5, 0.6) is 0 Å². The van der Waals surface area contributed by atoms with E-state index in [1.54, 1.807) is 24.5 Å². The standard InChI is InChI=1S/C28H32FN9O/c1-17(2)38-18(3)33-25-22(38)11-20(13-31-25)24-21(29)14-32-27(35-24)34-23-6-5-19(12-30-23)26(39)37-15-28(16-37)7-9-36(4)10-8-28/h5-6,11-14,17H,7-10,15-16H2,1-4H3,(H,30,32,34,35). The predicted octanol–water partition coefficient (Wildman–Crippen LogP) is 4.22. The molecule has 39 heavy (non-hydrogen) atoms. The van der Waals surface area contributed by atoms with Gasteiger partial charge in [0.15, 0.2) is 11.5 Å². The van der Waals surface area contributed by atoms with Crippen molar-refractivity contribution in [3.05, 3.63) is 54.0 Å². The Morgan fingerprint density at radius 2 is 1.82 bits per heavy atom. The third-order valence-electron chi connectivity index (χ3n) is 7.89. The van der Waals surface area contributed by atoms with E-state index < -0.39 is 5.82 Å². The van der Waals surface area contributed by atoms with Gasteiger partial charge in [-0.15, -0.1) is 0 Å². The Morgan fingerprint density at radius 1 is 1.05 bits per heavy atom. The first-order chi connectivity index (χ1) is 18.7. The smallest absolute Gasteiger partial charge is 0.255 e. The molecule has 2 fully saturated rings. The number of rotatable bonds is 5. The molecule has 0 aliphatic carbocycles. The number of imidazole rings is 1. The molecule has 11 heteroatoms. The van der Waals surface area contributed by atoms with Gasteiger partial charge in [0, 0.05) is 42.5 Å². The Kier molecular flexibility index (Phi) is 6.25. The molecule has 0 atom stereocenters. The van der Waals surface area contributed by atoms with Gasteiger partial charge in [-0.2, -0.15) is 0 Å². The molecular weight excluding hydrogens is 497 g/mol. The molecule has 0 unspecified atom stereocenters. The largest absolute Gasteiger partial charge is 0.337 e. The Labute approximate surface area is 226 Å². The van der Waals surface area contributed by atoms with Crippen molar-refractivity contribution >= 4 is 28.8 Å². The highest BCUT2D eigenvalue weighted by Gasteiger charge is 2.46. The number of carbonyl (C=O) groups excluding carboxylic acids is 1. The minimum absolute atomic E-state index is 0.00214. The lowest BCUT2D eigenvalue weighted by molar-refractivity contribution is -0.0283. The van der Waals surface area contributed by atoms with Crippen LogP contribution in [0.15, 0.2) is 36.8 Å². The number of aromatic nitrogens is 6. The fourth-order valence-electron chi connectivity index (χ4n) is 5.71. The zero-order valence-corrected chi connectivity index (χ0v) is 22.6. The first-order valence-electron chi connectivity index (χ1n) is 13.3. The molecule has 0 aromatic carbocycles. The van der Waals surface area contributed by atoms with Gasteiger partial charge in [-0.3, -0.25) is 4.79 Å². The number of aryl methyl sites for hydroxylation is 1. The second kappa shape index (κ2) is 9.64. The van der Waals surface area contributed by atoms with Crippen LogP contribution in [-0.4, -0.2) is 78.4 Å². The van der Waals surface area contributed by atoms with Gasteiger partial charge in [-0.25, -0.2) is 29.3 Å². The molecule has 4 aromatic rings. The number of fused-ring (bicyclic) bond motifs is 1. The molecule has 6 rings (SSSR count). The molecule has 1 amide bonds. The van der Waals surface area contributed by atoms with Crippen LogP contribution in [-0.2, 0) is 0 Å². The summed E-state index contributed by atoms with van der Waals surface area (Å²) in [6.45, 7) is 9.85. The van der Waals surface area contributed by atoms with E-state index >= 15 is 0 Å². The van der Waals surface area contributed by atoms with E-state index in [1.807, 2.05) is 17.9 Å². The Bertz CT molecular complexity index is 1530. The number of pyridine rings is 2. The van der Waals surface area contributed by atoms with Crippen molar-refractivity contribution in [3.63, 3.8) is 0 Å². The van der Waals surface area contributed by atoms with E-state index in [2.05, 4.69) is 60.6 Å². The van der Waals surface area contributed by atoms with Crippen LogP contribution in [0.2, 0.25) is 0 Å². The molecule has 0 saturated carbocycles. The van der Waals surface area contributed by atoms with Gasteiger partial charge in [0.1, 0.15) is 17.3 Å². The van der Waals surface area contributed by atoms with Gasteiger partial charge in [-0.05, 0) is 71.9 Å². The summed E-state index contributed by atoms with van der Waals surface area (Å²) in [5.41, 5.74) is 2.90. The second-order valence-corrected chi connectivity index (χ2v) is 11.1. The van der Waals surface area contributed by atoms with Crippen molar-refractivity contribution < 1.29 is 9.18 Å². The van der Waals surface area contributed by atoms with E-state index in [1.165, 1.54) is 0 Å². The lowest BCUT2D eigenvalue weighted by atomic mass is 9.72. The summed E-state index contributed by atoms with van der Waals surface area (Å²) in [6, 6.07) is 5.48. The number of amides is 1. The zero-order valence-electron chi connectivity index (χ0n) is 22.6. The Balaban J connectivity index is 1.17. The molecule has 10 nitrogen and oxygen atoms in total. The number of nitrogens with zero attached hydrogens (tertiary/aromatic N) is 8. The molecule has 1 N–H and O–H groups in total. The maximum absolute atomic E-state index is 14.8. The minimum Gasteiger partial charge on any atom is -0.337 e. The van der Waals surface area contributed by atoms with E-state index in [4.69, 9.17) is 0 Å². The van der Waals surface area contributed by atoms with Gasteiger partial charge >= 0.3 is 0 Å². The summed E-state index contributed by atoms with van der Waals surface area (Å²) < 4.78 is 16.9. The fraction of sp³-hybridized carbons (Fsp3) is 0.429. The molecule has 202 valence electrons. The molecule has 0 radical (unpaired) electrons. The third kappa shape index (κ3) is 4.71. The van der Waals surface area contributed by atoms with Crippen molar-refractivity contribution in [1.82, 2.24) is 39.3 Å². The van der Waals surface area contributed by atoms with Gasteiger partial charge < -0.3 is 19.7 Å². The second-order valence-electron chi connectivity index (χ2n) is 11.1. The van der Waals surface area contributed by atoms with Crippen LogP contribution in [0.4, 0.5) is 16.2 Å². The first kappa shape index (κ1) is 25.3. The minimum atomic E-state index is -0.556. The van der Waals surface area contributed by atoms with E-state index in [9.17, 15) is 9.18 Å². The van der Waals surface area contributed by atoms with E-state index in [-0.39, 0.29) is 29.0 Å². The SMILES string of the molecule is Cc1nc2ncc(-c3nc(Nc4ccc(C(=O)N5CC6(CCN(C)CC6)C5)cn4)ncc3F)cc2n1C(C)C. The molecule has 2 aliphatic heterocycles. The Morgan fingerprint density at radius 3 is 2.51 bits per heavy atom. The van der Waals surface area contributed by atoms with Gasteiger partial charge in [0.2, 0.25) is 5.95 Å². The van der Waals surface area contributed by atoms with Crippen molar-refractivity contribution in [2.75, 3.05) is 38.5 Å². The molecule has 2 aliphatic rings. The maximum atomic E-state index is 14.8. The summed E-state index contributed by atoms with van der Waals surface area (Å²) in [5.74, 6) is 0.941. The summed E-state index contributed by atoms with van der Waals surface area (Å²) in [6.07, 6.45) is 6.53. The van der Waals surface area contributed by atoms with Crippen molar-refractivity contribution in [2.24, 2.45) is 5.41 Å². The van der Waals surface area contributed by atoms with Gasteiger partial charge in [-0.1, -0.05) is 0 Å². The average molecular weight is 530 g/mol. The topological polar surface area (TPSA) is 105 Å². The number of anilines is 2. The first-order valence-corrected chi connectivity index (χ1v) is 13.3. The number of hydrogen-bond donors (Lipinski definition) is 1. The average Bonchev–Trinajstić information content (AvgIpc) is 3.24. The normalized spacial score (nSPS) is 17.1. The fourth-order valence-corrected chi connectivity index (χ4v) is 5.71. The quantitative estimate of drug-likeness (QED) is 0.410. The summed E-state index contributed by atoms with van der Waals surface area (Å²) in [4.78, 5) is 39.0. The van der Waals surface area contributed by atoms with Crippen LogP contribution >= 0.6 is 0 Å². The van der Waals surface area contributed by atoms with Crippen LogP contribution in [0.25, 0.3) is 22.4 Å². The number of hydrogen-bond acceptors (Lipinski definition) is 8. The highest BCUT2D eigenvalue weighted by molar-refractivity contribution is 5.94. The van der Waals surface area contributed by atoms with E-state index in [0.717, 1.165) is 56.6 Å². The number of halogens is 1. The van der Waals surface area contributed by atoms with Gasteiger partial charge in [0.05, 0.1) is 17.3 Å². The summed E-state index contributed by atoms with van der Waals surface area (Å²) in [7, 11) is 2.15. The lowest BCUT2D eigenvalue weighted by Gasteiger charge is -2.53. The number of piperidine rings is 1. The zero-order chi connectivity index (χ0) is 27.3. The van der Waals surface area contributed by atoms with E-state index in [0.29, 0.717) is 22.6 Å². The Hall–Kier alpha value is -3.99. The lowest BCUT2D eigenvalue weighted by Crippen LogP contribution is -2.61. The van der Waals surface area contributed by atoms with Crippen molar-refractivity contribution in [1.29, 1.82) is 0 Å². The van der Waals surface area contributed by atoms with Crippen molar-refractivity contribution in [3.8, 4) is 11.3 Å². The summed E-state index contributed by atoms with van der Waals surface area (Å²) in [5, 5.41) is 3.02. The van der Waals surface area contributed by atoms with Crippen molar-refractivity contribution in [2.45, 2.75) is 39.7 Å². The number of carbonyl (C=O) groups is 1. The van der Waals surface area contributed by atoms with Gasteiger partial charge in [0.25, 0.3) is 5.91 Å². The molecule has 4 aromatic heterocycles. The predicted molar refractivity (Wildman–Crippen MR) is 146 cm³/mol. The maximum Gasteiger partial charge on any atom is 0.255 e. The monoisotopic (exact) mass is 529 g/mol. The van der Waals surface area contributed by atoms with Crippen LogP contribution in [0.3, 0.4) is 0 Å². The molecular formula is C28H32FN9O. The van der Waals surface area contributed by atoms with Crippen LogP contribution in [0, 0.1) is 18.2 Å². The summed E-state index contributed by atoms with van der Waals surface area (Å²) >= 11 is 0. The van der Waals surface area contributed by atoms with Crippen LogP contribution < -0.4 is 5.32 Å². The molecule has 1 spiro atoms. The van der Waals surface area contributed by atoms with Crippen LogP contribution in [0.1, 0.15) is 48.9 Å². The molecule has 6 heterocycles. The molecule has 2 saturated heterocycles. The number of likely N-dealkylation sites (tertiary alicyclic amines) is 2. The molecule has 0 bridgehead atoms. The highest BCUT2D eigenvalue weighted by atomic mass is 19.1. The third-order valence-corrected chi connectivity index (χ3v) is 7.89. The number of nitrogens with one attached hydrogen (secondary N) is 1.